The standard InChI is InChI=1S/C17H24N2O2/c18-19-16(13-6-9-20-17(11-13)7-3-8-17)15-10-12-4-1-2-5-14(12)21-15/h1-2,4-5,13,15-16,19H,3,6-11,18H2. The Morgan fingerprint density at radius 3 is 2.86 bits per heavy atom. The number of para-hydroxylation sites is 1. The predicted octanol–water partition coefficient (Wildman–Crippen LogP) is 2.17. The van der Waals surface area contributed by atoms with Crippen molar-refractivity contribution in [3.63, 3.8) is 0 Å². The van der Waals surface area contributed by atoms with Crippen molar-refractivity contribution in [1.29, 1.82) is 0 Å². The molecule has 3 unspecified atom stereocenters. The minimum absolute atomic E-state index is 0.146. The van der Waals surface area contributed by atoms with Crippen LogP contribution >= 0.6 is 0 Å². The lowest BCUT2D eigenvalue weighted by atomic mass is 9.69. The Hall–Kier alpha value is -1.10. The molecule has 0 aromatic heterocycles. The van der Waals surface area contributed by atoms with Crippen LogP contribution in [0.15, 0.2) is 24.3 Å². The second kappa shape index (κ2) is 5.27. The first-order valence-corrected chi connectivity index (χ1v) is 8.14. The zero-order valence-electron chi connectivity index (χ0n) is 12.4. The summed E-state index contributed by atoms with van der Waals surface area (Å²) in [6.45, 7) is 0.864. The molecule has 1 spiro atoms. The first-order chi connectivity index (χ1) is 10.3. The molecule has 0 radical (unpaired) electrons. The van der Waals surface area contributed by atoms with E-state index < -0.39 is 0 Å². The van der Waals surface area contributed by atoms with E-state index in [0.29, 0.717) is 5.92 Å². The molecule has 0 bridgehead atoms. The molecule has 4 heteroatoms. The molecule has 114 valence electrons. The monoisotopic (exact) mass is 288 g/mol. The fraction of sp³-hybridized carbons (Fsp3) is 0.647. The molecule has 3 atom stereocenters. The molecule has 1 saturated carbocycles. The number of ether oxygens (including phenoxy) is 2. The fourth-order valence-electron chi connectivity index (χ4n) is 4.25. The Morgan fingerprint density at radius 1 is 1.29 bits per heavy atom. The van der Waals surface area contributed by atoms with Gasteiger partial charge in [0.25, 0.3) is 0 Å². The number of nitrogens with two attached hydrogens (primary N) is 1. The number of hydrazine groups is 1. The zero-order valence-corrected chi connectivity index (χ0v) is 12.4. The predicted molar refractivity (Wildman–Crippen MR) is 80.9 cm³/mol. The molecule has 1 aromatic rings. The summed E-state index contributed by atoms with van der Waals surface area (Å²) in [5.74, 6) is 7.46. The number of hydrogen-bond donors (Lipinski definition) is 2. The van der Waals surface area contributed by atoms with E-state index in [2.05, 4.69) is 23.6 Å². The summed E-state index contributed by atoms with van der Waals surface area (Å²) in [4.78, 5) is 0. The lowest BCUT2D eigenvalue weighted by Gasteiger charge is -2.49. The van der Waals surface area contributed by atoms with Crippen LogP contribution in [-0.2, 0) is 11.2 Å². The van der Waals surface area contributed by atoms with Gasteiger partial charge in [-0.25, -0.2) is 0 Å². The van der Waals surface area contributed by atoms with Crippen molar-refractivity contribution in [2.24, 2.45) is 11.8 Å². The van der Waals surface area contributed by atoms with Crippen LogP contribution in [0.5, 0.6) is 5.75 Å². The quantitative estimate of drug-likeness (QED) is 0.661. The molecule has 21 heavy (non-hydrogen) atoms. The molecule has 3 aliphatic rings. The van der Waals surface area contributed by atoms with Gasteiger partial charge in [0.15, 0.2) is 0 Å². The van der Waals surface area contributed by atoms with E-state index in [-0.39, 0.29) is 17.7 Å². The molecule has 1 aromatic carbocycles. The van der Waals surface area contributed by atoms with E-state index in [9.17, 15) is 0 Å². The molecule has 4 rings (SSSR count). The molecule has 1 saturated heterocycles. The number of nitrogens with one attached hydrogen (secondary N) is 1. The van der Waals surface area contributed by atoms with Crippen molar-refractivity contribution in [3.05, 3.63) is 29.8 Å². The molecule has 2 heterocycles. The van der Waals surface area contributed by atoms with Crippen molar-refractivity contribution >= 4 is 0 Å². The Balaban J connectivity index is 1.48. The van der Waals surface area contributed by atoms with Crippen LogP contribution in [0.3, 0.4) is 0 Å². The van der Waals surface area contributed by atoms with Gasteiger partial charge in [0.1, 0.15) is 11.9 Å². The third kappa shape index (κ3) is 2.35. The summed E-state index contributed by atoms with van der Waals surface area (Å²) in [7, 11) is 0. The van der Waals surface area contributed by atoms with E-state index in [1.807, 2.05) is 6.07 Å². The topological polar surface area (TPSA) is 56.5 Å². The Labute approximate surface area is 126 Å². The maximum atomic E-state index is 6.15. The van der Waals surface area contributed by atoms with Gasteiger partial charge in [-0.15, -0.1) is 0 Å². The summed E-state index contributed by atoms with van der Waals surface area (Å²) >= 11 is 0. The van der Waals surface area contributed by atoms with Crippen molar-refractivity contribution in [1.82, 2.24) is 5.43 Å². The lowest BCUT2D eigenvalue weighted by Crippen LogP contribution is -2.56. The molecule has 2 aliphatic heterocycles. The largest absolute Gasteiger partial charge is 0.488 e. The van der Waals surface area contributed by atoms with E-state index in [0.717, 1.165) is 31.6 Å². The van der Waals surface area contributed by atoms with Crippen molar-refractivity contribution in [2.75, 3.05) is 6.61 Å². The summed E-state index contributed by atoms with van der Waals surface area (Å²) in [6, 6.07) is 8.52. The average Bonchev–Trinajstić information content (AvgIpc) is 2.90. The highest BCUT2D eigenvalue weighted by molar-refractivity contribution is 5.37. The Kier molecular flexibility index (Phi) is 3.40. The van der Waals surface area contributed by atoms with Crippen LogP contribution in [0.1, 0.15) is 37.7 Å². The molecule has 3 N–H and O–H groups in total. The van der Waals surface area contributed by atoms with Gasteiger partial charge in [-0.2, -0.15) is 0 Å². The molecular weight excluding hydrogens is 264 g/mol. The molecule has 0 amide bonds. The third-order valence-corrected chi connectivity index (χ3v) is 5.57. The second-order valence-corrected chi connectivity index (χ2v) is 6.80. The summed E-state index contributed by atoms with van der Waals surface area (Å²) < 4.78 is 12.2. The van der Waals surface area contributed by atoms with Crippen LogP contribution in [0.2, 0.25) is 0 Å². The second-order valence-electron chi connectivity index (χ2n) is 6.80. The highest BCUT2D eigenvalue weighted by Gasteiger charge is 2.46. The number of benzene rings is 1. The average molecular weight is 288 g/mol. The summed E-state index contributed by atoms with van der Waals surface area (Å²) in [5, 5.41) is 0. The number of hydrogen-bond acceptors (Lipinski definition) is 4. The van der Waals surface area contributed by atoms with E-state index in [1.165, 1.54) is 24.8 Å². The minimum atomic E-state index is 0.146. The van der Waals surface area contributed by atoms with Gasteiger partial charge in [0.05, 0.1) is 11.6 Å². The maximum Gasteiger partial charge on any atom is 0.123 e. The number of fused-ring (bicyclic) bond motifs is 1. The van der Waals surface area contributed by atoms with E-state index >= 15 is 0 Å². The summed E-state index contributed by atoms with van der Waals surface area (Å²) in [5.41, 5.74) is 4.51. The van der Waals surface area contributed by atoms with Crippen LogP contribution in [0.4, 0.5) is 0 Å². The van der Waals surface area contributed by atoms with Gasteiger partial charge < -0.3 is 9.47 Å². The number of rotatable bonds is 3. The van der Waals surface area contributed by atoms with Crippen molar-refractivity contribution < 1.29 is 9.47 Å². The third-order valence-electron chi connectivity index (χ3n) is 5.57. The van der Waals surface area contributed by atoms with Crippen LogP contribution in [-0.4, -0.2) is 24.4 Å². The SMILES string of the molecule is NNC(C1CCOC2(CCC2)C1)C1Cc2ccccc2O1. The molecule has 2 fully saturated rings. The van der Waals surface area contributed by atoms with Crippen molar-refractivity contribution in [2.45, 2.75) is 56.3 Å². The normalized spacial score (nSPS) is 31.3. The Bertz CT molecular complexity index is 490. The first-order valence-electron chi connectivity index (χ1n) is 8.14. The van der Waals surface area contributed by atoms with Crippen LogP contribution in [0.25, 0.3) is 0 Å². The molecular formula is C17H24N2O2. The summed E-state index contributed by atoms with van der Waals surface area (Å²) in [6.07, 6.45) is 7.03. The van der Waals surface area contributed by atoms with Crippen LogP contribution < -0.4 is 16.0 Å². The highest BCUT2D eigenvalue weighted by atomic mass is 16.5. The molecule has 4 nitrogen and oxygen atoms in total. The van der Waals surface area contributed by atoms with Gasteiger partial charge >= 0.3 is 0 Å². The minimum Gasteiger partial charge on any atom is -0.488 e. The maximum absolute atomic E-state index is 6.15. The van der Waals surface area contributed by atoms with Gasteiger partial charge in [0, 0.05) is 13.0 Å². The Morgan fingerprint density at radius 2 is 2.14 bits per heavy atom. The van der Waals surface area contributed by atoms with Crippen LogP contribution in [0, 0.1) is 5.92 Å². The fourth-order valence-corrected chi connectivity index (χ4v) is 4.25. The highest BCUT2D eigenvalue weighted by Crippen LogP contribution is 2.46. The molecule has 1 aliphatic carbocycles. The smallest absolute Gasteiger partial charge is 0.123 e. The lowest BCUT2D eigenvalue weighted by molar-refractivity contribution is -0.150. The first kappa shape index (κ1) is 13.6. The van der Waals surface area contributed by atoms with Crippen molar-refractivity contribution in [3.8, 4) is 5.75 Å². The van der Waals surface area contributed by atoms with Gasteiger partial charge in [-0.1, -0.05) is 18.2 Å². The van der Waals surface area contributed by atoms with E-state index in [1.54, 1.807) is 0 Å². The van der Waals surface area contributed by atoms with E-state index in [4.69, 9.17) is 15.3 Å². The zero-order chi connectivity index (χ0) is 14.3. The van der Waals surface area contributed by atoms with Gasteiger partial charge in [-0.3, -0.25) is 11.3 Å². The van der Waals surface area contributed by atoms with Gasteiger partial charge in [0.2, 0.25) is 0 Å². The van der Waals surface area contributed by atoms with Gasteiger partial charge in [-0.05, 0) is 49.7 Å².